The number of anilines is 1. The van der Waals surface area contributed by atoms with E-state index in [9.17, 15) is 5.26 Å². The number of rotatable bonds is 2. The second-order valence-electron chi connectivity index (χ2n) is 4.70. The van der Waals surface area contributed by atoms with Crippen molar-refractivity contribution in [1.29, 1.82) is 5.26 Å². The summed E-state index contributed by atoms with van der Waals surface area (Å²) in [4.78, 5) is 16.6. The van der Waals surface area contributed by atoms with Gasteiger partial charge in [0, 0.05) is 29.2 Å². The molecule has 3 aromatic rings. The lowest BCUT2D eigenvalue weighted by Crippen LogP contribution is -2.00. The van der Waals surface area contributed by atoms with Crippen LogP contribution in [-0.2, 0) is 4.79 Å². The first-order valence-corrected chi connectivity index (χ1v) is 6.82. The first-order chi connectivity index (χ1) is 11.6. The number of aryl methyl sites for hydroxylation is 1. The van der Waals surface area contributed by atoms with Crippen LogP contribution < -0.4 is 5.73 Å². The Labute approximate surface area is 137 Å². The molecule has 0 aromatic carbocycles. The quantitative estimate of drug-likeness (QED) is 0.612. The molecule has 120 valence electrons. The van der Waals surface area contributed by atoms with Crippen molar-refractivity contribution in [3.05, 3.63) is 47.9 Å². The van der Waals surface area contributed by atoms with Gasteiger partial charge in [0.1, 0.15) is 17.5 Å². The maximum Gasteiger partial charge on any atom is 0.290 e. The van der Waals surface area contributed by atoms with Gasteiger partial charge in [-0.3, -0.25) is 14.9 Å². The van der Waals surface area contributed by atoms with Crippen molar-refractivity contribution in [2.45, 2.75) is 6.92 Å². The minimum Gasteiger partial charge on any atom is -0.483 e. The molecule has 0 aliphatic heterocycles. The third-order valence-corrected chi connectivity index (χ3v) is 3.12. The van der Waals surface area contributed by atoms with Crippen LogP contribution in [0.5, 0.6) is 0 Å². The maximum atomic E-state index is 9.31. The average Bonchev–Trinajstić information content (AvgIpc) is 3.02. The van der Waals surface area contributed by atoms with Gasteiger partial charge in [-0.1, -0.05) is 0 Å². The lowest BCUT2D eigenvalue weighted by Gasteiger charge is -2.08. The molecule has 0 saturated heterocycles. The Hall–Kier alpha value is -3.73. The molecule has 0 atom stereocenters. The topological polar surface area (TPSA) is 142 Å². The molecular formula is C16H14N6O2. The van der Waals surface area contributed by atoms with Gasteiger partial charge >= 0.3 is 0 Å². The summed E-state index contributed by atoms with van der Waals surface area (Å²) >= 11 is 0. The summed E-state index contributed by atoms with van der Waals surface area (Å²) in [7, 11) is 0. The number of nitriles is 1. The van der Waals surface area contributed by atoms with E-state index >= 15 is 0 Å². The predicted molar refractivity (Wildman–Crippen MR) is 87.6 cm³/mol. The maximum absolute atomic E-state index is 9.31. The van der Waals surface area contributed by atoms with E-state index in [0.29, 0.717) is 22.5 Å². The fourth-order valence-corrected chi connectivity index (χ4v) is 2.11. The van der Waals surface area contributed by atoms with Crippen LogP contribution in [0.15, 0.2) is 36.7 Å². The molecule has 0 fully saturated rings. The van der Waals surface area contributed by atoms with Crippen molar-refractivity contribution < 1.29 is 9.90 Å². The summed E-state index contributed by atoms with van der Waals surface area (Å²) in [6, 6.07) is 9.46. The second kappa shape index (κ2) is 7.51. The van der Waals surface area contributed by atoms with Gasteiger partial charge in [-0.05, 0) is 31.2 Å². The molecule has 0 aliphatic rings. The largest absolute Gasteiger partial charge is 0.483 e. The fraction of sp³-hybridized carbons (Fsp3) is 0.0625. The zero-order valence-corrected chi connectivity index (χ0v) is 12.8. The van der Waals surface area contributed by atoms with E-state index in [2.05, 4.69) is 26.2 Å². The third kappa shape index (κ3) is 3.53. The number of carbonyl (C=O) groups is 1. The summed E-state index contributed by atoms with van der Waals surface area (Å²) < 4.78 is 0. The number of hydrogen-bond donors (Lipinski definition) is 3. The Balaban J connectivity index is 0.000000647. The minimum absolute atomic E-state index is 0.197. The van der Waals surface area contributed by atoms with E-state index in [0.717, 1.165) is 11.3 Å². The summed E-state index contributed by atoms with van der Waals surface area (Å²) in [5.74, 6) is 0.197. The molecule has 0 radical (unpaired) electrons. The van der Waals surface area contributed by atoms with Gasteiger partial charge in [0.2, 0.25) is 0 Å². The number of nitrogen functional groups attached to an aromatic ring is 1. The van der Waals surface area contributed by atoms with Crippen LogP contribution in [0, 0.1) is 18.3 Å². The van der Waals surface area contributed by atoms with Gasteiger partial charge in [-0.15, -0.1) is 0 Å². The van der Waals surface area contributed by atoms with Gasteiger partial charge in [0.05, 0.1) is 11.4 Å². The minimum atomic E-state index is -0.250. The van der Waals surface area contributed by atoms with Crippen molar-refractivity contribution in [3.8, 4) is 28.6 Å². The van der Waals surface area contributed by atoms with E-state index in [4.69, 9.17) is 15.6 Å². The third-order valence-electron chi connectivity index (χ3n) is 3.12. The Bertz CT molecular complexity index is 883. The van der Waals surface area contributed by atoms with Crippen LogP contribution in [0.25, 0.3) is 22.5 Å². The molecule has 3 aromatic heterocycles. The highest BCUT2D eigenvalue weighted by Crippen LogP contribution is 2.30. The van der Waals surface area contributed by atoms with Gasteiger partial charge in [-0.2, -0.15) is 10.4 Å². The van der Waals surface area contributed by atoms with E-state index in [1.165, 1.54) is 0 Å². The SMILES string of the molecule is Cc1cc(-c2cc(-c3ccncc3)nc(N)c2C#N)n[nH]1.O=CO. The molecule has 0 spiro atoms. The lowest BCUT2D eigenvalue weighted by molar-refractivity contribution is -0.122. The highest BCUT2D eigenvalue weighted by atomic mass is 16.3. The number of aromatic amines is 1. The predicted octanol–water partition coefficient (Wildman–Crippen LogP) is 2.00. The van der Waals surface area contributed by atoms with Crippen LogP contribution >= 0.6 is 0 Å². The van der Waals surface area contributed by atoms with Crippen LogP contribution in [0.2, 0.25) is 0 Å². The normalized spacial score (nSPS) is 9.50. The summed E-state index contributed by atoms with van der Waals surface area (Å²) in [6.45, 7) is 1.65. The zero-order chi connectivity index (χ0) is 17.5. The average molecular weight is 322 g/mol. The molecule has 8 heteroatoms. The van der Waals surface area contributed by atoms with Crippen molar-refractivity contribution in [1.82, 2.24) is 20.2 Å². The standard InChI is InChI=1S/C15H12N6.CH2O2/c1-9-6-14(21-20-9)11-7-13(10-2-4-18-5-3-10)19-15(17)12(11)8-16;2-1-3/h2-7H,1H3,(H2,17,19)(H,20,21);1H,(H,2,3). The number of hydrogen-bond acceptors (Lipinski definition) is 6. The first-order valence-electron chi connectivity index (χ1n) is 6.82. The molecule has 24 heavy (non-hydrogen) atoms. The van der Waals surface area contributed by atoms with Crippen LogP contribution in [-0.4, -0.2) is 31.7 Å². The molecule has 0 aliphatic carbocycles. The van der Waals surface area contributed by atoms with Crippen molar-refractivity contribution >= 4 is 12.3 Å². The molecule has 0 unspecified atom stereocenters. The zero-order valence-electron chi connectivity index (χ0n) is 12.8. The number of nitrogens with two attached hydrogens (primary N) is 1. The number of carboxylic acid groups (broad SMARTS) is 1. The van der Waals surface area contributed by atoms with Crippen molar-refractivity contribution in [3.63, 3.8) is 0 Å². The van der Waals surface area contributed by atoms with E-state index in [1.54, 1.807) is 12.4 Å². The molecule has 3 rings (SSSR count). The Morgan fingerprint density at radius 1 is 1.29 bits per heavy atom. The fourth-order valence-electron chi connectivity index (χ4n) is 2.11. The number of nitrogens with one attached hydrogen (secondary N) is 1. The first kappa shape index (κ1) is 16.6. The molecule has 4 N–H and O–H groups in total. The monoisotopic (exact) mass is 322 g/mol. The summed E-state index contributed by atoms with van der Waals surface area (Å²) in [5, 5.41) is 23.3. The summed E-state index contributed by atoms with van der Waals surface area (Å²) in [6.07, 6.45) is 3.37. The van der Waals surface area contributed by atoms with Gasteiger partial charge < -0.3 is 10.8 Å². The van der Waals surface area contributed by atoms with Crippen LogP contribution in [0.4, 0.5) is 5.82 Å². The van der Waals surface area contributed by atoms with Gasteiger partial charge in [0.25, 0.3) is 6.47 Å². The number of aromatic nitrogens is 4. The summed E-state index contributed by atoms with van der Waals surface area (Å²) in [5.41, 5.74) is 10.1. The highest BCUT2D eigenvalue weighted by molar-refractivity contribution is 5.78. The van der Waals surface area contributed by atoms with Gasteiger partial charge in [0.15, 0.2) is 0 Å². The van der Waals surface area contributed by atoms with E-state index < -0.39 is 0 Å². The number of nitrogens with zero attached hydrogens (tertiary/aromatic N) is 4. The molecule has 0 saturated carbocycles. The molecule has 8 nitrogen and oxygen atoms in total. The molecule has 0 amide bonds. The lowest BCUT2D eigenvalue weighted by atomic mass is 10.0. The van der Waals surface area contributed by atoms with Gasteiger partial charge in [-0.25, -0.2) is 4.98 Å². The second-order valence-corrected chi connectivity index (χ2v) is 4.70. The highest BCUT2D eigenvalue weighted by Gasteiger charge is 2.15. The van der Waals surface area contributed by atoms with E-state index in [1.807, 2.05) is 31.2 Å². The Morgan fingerprint density at radius 3 is 2.50 bits per heavy atom. The smallest absolute Gasteiger partial charge is 0.290 e. The van der Waals surface area contributed by atoms with E-state index in [-0.39, 0.29) is 12.3 Å². The Morgan fingerprint density at radius 2 is 1.96 bits per heavy atom. The van der Waals surface area contributed by atoms with Crippen molar-refractivity contribution in [2.75, 3.05) is 5.73 Å². The van der Waals surface area contributed by atoms with Crippen LogP contribution in [0.1, 0.15) is 11.3 Å². The van der Waals surface area contributed by atoms with Crippen LogP contribution in [0.3, 0.4) is 0 Å². The van der Waals surface area contributed by atoms with Crippen molar-refractivity contribution in [2.24, 2.45) is 0 Å². The molecule has 0 bridgehead atoms. The number of pyridine rings is 2. The molecule has 3 heterocycles. The molecular weight excluding hydrogens is 308 g/mol. The number of H-pyrrole nitrogens is 1. The Kier molecular flexibility index (Phi) is 5.20.